The zero-order valence-electron chi connectivity index (χ0n) is 18.7. The number of rotatable bonds is 4. The second-order valence-corrected chi connectivity index (χ2v) is 8.25. The zero-order valence-corrected chi connectivity index (χ0v) is 18.7. The van der Waals surface area contributed by atoms with Crippen molar-refractivity contribution in [3.8, 4) is 0 Å². The van der Waals surface area contributed by atoms with Crippen molar-refractivity contribution < 1.29 is 9.59 Å². The van der Waals surface area contributed by atoms with E-state index >= 15 is 0 Å². The monoisotopic (exact) mass is 437 g/mol. The van der Waals surface area contributed by atoms with Crippen molar-refractivity contribution in [2.45, 2.75) is 13.5 Å². The van der Waals surface area contributed by atoms with Gasteiger partial charge in [-0.1, -0.05) is 36.4 Å². The third-order valence-electron chi connectivity index (χ3n) is 5.82. The lowest BCUT2D eigenvalue weighted by Gasteiger charge is -2.11. The highest BCUT2D eigenvalue weighted by Gasteiger charge is 2.20. The average Bonchev–Trinajstić information content (AvgIpc) is 3.36. The molecular formula is C26H23N5O2. The lowest BCUT2D eigenvalue weighted by Crippen LogP contribution is -2.26. The van der Waals surface area contributed by atoms with E-state index < -0.39 is 0 Å². The van der Waals surface area contributed by atoms with E-state index in [1.165, 1.54) is 9.47 Å². The van der Waals surface area contributed by atoms with E-state index in [0.29, 0.717) is 23.2 Å². The lowest BCUT2D eigenvalue weighted by molar-refractivity contribution is 0.104. The van der Waals surface area contributed by atoms with Crippen molar-refractivity contribution in [1.82, 2.24) is 24.0 Å². The molecule has 5 aromatic rings. The van der Waals surface area contributed by atoms with E-state index in [9.17, 15) is 9.59 Å². The first-order chi connectivity index (χ1) is 15.9. The molecule has 0 saturated carbocycles. The van der Waals surface area contributed by atoms with Crippen LogP contribution in [0.25, 0.3) is 21.9 Å². The summed E-state index contributed by atoms with van der Waals surface area (Å²) in [4.78, 5) is 36.4. The van der Waals surface area contributed by atoms with Gasteiger partial charge >= 0.3 is 6.03 Å². The van der Waals surface area contributed by atoms with Crippen molar-refractivity contribution in [2.75, 3.05) is 14.1 Å². The summed E-state index contributed by atoms with van der Waals surface area (Å²) in [7, 11) is 3.39. The first kappa shape index (κ1) is 20.6. The molecule has 7 nitrogen and oxygen atoms in total. The van der Waals surface area contributed by atoms with Crippen LogP contribution in [0.2, 0.25) is 0 Å². The molecule has 164 valence electrons. The molecule has 0 N–H and O–H groups in total. The summed E-state index contributed by atoms with van der Waals surface area (Å²) in [6.07, 6.45) is 5.15. The number of carbonyl (C=O) groups is 2. The minimum absolute atomic E-state index is 0.116. The lowest BCUT2D eigenvalue weighted by atomic mass is 10.0. The molecular weight excluding hydrogens is 414 g/mol. The van der Waals surface area contributed by atoms with Crippen LogP contribution in [0.15, 0.2) is 73.2 Å². The number of ketones is 1. The Kier molecular flexibility index (Phi) is 5.01. The molecule has 0 bridgehead atoms. The summed E-state index contributed by atoms with van der Waals surface area (Å²) < 4.78 is 3.64. The van der Waals surface area contributed by atoms with Gasteiger partial charge in [-0.25, -0.2) is 9.78 Å². The minimum atomic E-state index is -0.198. The molecule has 0 atom stereocenters. The van der Waals surface area contributed by atoms with Gasteiger partial charge in [0, 0.05) is 49.5 Å². The maximum absolute atomic E-state index is 13.5. The summed E-state index contributed by atoms with van der Waals surface area (Å²) in [5.41, 5.74) is 4.65. The Bertz CT molecular complexity index is 1530. The number of hydrogen-bond acceptors (Lipinski definition) is 4. The number of para-hydroxylation sites is 1. The molecule has 0 radical (unpaired) electrons. The van der Waals surface area contributed by atoms with Crippen molar-refractivity contribution in [1.29, 1.82) is 0 Å². The van der Waals surface area contributed by atoms with Gasteiger partial charge in [0.25, 0.3) is 0 Å². The number of nitrogens with zero attached hydrogens (tertiary/aromatic N) is 5. The number of benzene rings is 2. The highest BCUT2D eigenvalue weighted by atomic mass is 16.2. The average molecular weight is 438 g/mol. The smallest absolute Gasteiger partial charge is 0.328 e. The molecule has 0 fully saturated rings. The molecule has 33 heavy (non-hydrogen) atoms. The molecule has 0 aliphatic rings. The molecule has 7 heteroatoms. The highest BCUT2D eigenvalue weighted by Crippen LogP contribution is 2.25. The van der Waals surface area contributed by atoms with Gasteiger partial charge in [0.05, 0.1) is 17.2 Å². The van der Waals surface area contributed by atoms with Crippen LogP contribution < -0.4 is 0 Å². The summed E-state index contributed by atoms with van der Waals surface area (Å²) in [6.45, 7) is 2.56. The molecule has 3 heterocycles. The normalized spacial score (nSPS) is 11.2. The van der Waals surface area contributed by atoms with E-state index in [2.05, 4.69) is 14.5 Å². The van der Waals surface area contributed by atoms with Gasteiger partial charge in [0.1, 0.15) is 11.3 Å². The molecule has 2 aromatic carbocycles. The fourth-order valence-corrected chi connectivity index (χ4v) is 4.19. The molecule has 0 unspecified atom stereocenters. The number of carbonyl (C=O) groups excluding carboxylic acids is 2. The van der Waals surface area contributed by atoms with Gasteiger partial charge in [-0.3, -0.25) is 14.3 Å². The minimum Gasteiger partial charge on any atom is -0.330 e. The van der Waals surface area contributed by atoms with Crippen LogP contribution >= 0.6 is 0 Å². The molecule has 0 spiro atoms. The number of imidazole rings is 1. The van der Waals surface area contributed by atoms with E-state index in [-0.39, 0.29) is 11.8 Å². The van der Waals surface area contributed by atoms with Crippen LogP contribution in [-0.4, -0.2) is 49.9 Å². The standard InChI is InChI=1S/C26H23N5O2/c1-17-28-22-14-27-12-11-24(22)30(17)15-18-7-6-8-19(13-18)25(32)21-16-31(26(33)29(2)3)23-10-5-4-9-20(21)23/h4-14,16H,15H2,1-3H3. The summed E-state index contributed by atoms with van der Waals surface area (Å²) in [6, 6.07) is 16.8. The van der Waals surface area contributed by atoms with Gasteiger partial charge in [-0.2, -0.15) is 0 Å². The number of amides is 1. The van der Waals surface area contributed by atoms with E-state index in [1.807, 2.05) is 61.5 Å². The molecule has 0 aliphatic heterocycles. The predicted molar refractivity (Wildman–Crippen MR) is 128 cm³/mol. The Morgan fingerprint density at radius 2 is 1.82 bits per heavy atom. The molecule has 1 amide bonds. The van der Waals surface area contributed by atoms with Gasteiger partial charge in [0.2, 0.25) is 0 Å². The number of pyridine rings is 1. The van der Waals surface area contributed by atoms with Crippen molar-refractivity contribution in [3.63, 3.8) is 0 Å². The summed E-state index contributed by atoms with van der Waals surface area (Å²) >= 11 is 0. The fraction of sp³-hybridized carbons (Fsp3) is 0.154. The summed E-state index contributed by atoms with van der Waals surface area (Å²) in [5, 5.41) is 0.757. The van der Waals surface area contributed by atoms with Crippen LogP contribution in [0.5, 0.6) is 0 Å². The van der Waals surface area contributed by atoms with Gasteiger partial charge in [-0.15, -0.1) is 0 Å². The first-order valence-electron chi connectivity index (χ1n) is 10.7. The first-order valence-corrected chi connectivity index (χ1v) is 10.7. The number of aromatic nitrogens is 4. The molecule has 0 aliphatic carbocycles. The van der Waals surface area contributed by atoms with Crippen molar-refractivity contribution >= 4 is 33.8 Å². The Labute approximate surface area is 190 Å². The predicted octanol–water partition coefficient (Wildman–Crippen LogP) is 4.50. The van der Waals surface area contributed by atoms with Crippen LogP contribution in [0.3, 0.4) is 0 Å². The van der Waals surface area contributed by atoms with Crippen LogP contribution in [0.4, 0.5) is 4.79 Å². The van der Waals surface area contributed by atoms with Crippen molar-refractivity contribution in [3.05, 3.63) is 95.7 Å². The quantitative estimate of drug-likeness (QED) is 0.388. The third kappa shape index (κ3) is 3.57. The van der Waals surface area contributed by atoms with Gasteiger partial charge < -0.3 is 9.47 Å². The zero-order chi connectivity index (χ0) is 23.1. The van der Waals surface area contributed by atoms with Gasteiger partial charge in [0.15, 0.2) is 5.78 Å². The molecule has 0 saturated heterocycles. The SMILES string of the molecule is Cc1nc2cnccc2n1Cc1cccc(C(=O)c2cn(C(=O)N(C)C)c3ccccc23)c1. The fourth-order valence-electron chi connectivity index (χ4n) is 4.19. The molecule has 3 aromatic heterocycles. The topological polar surface area (TPSA) is 73.0 Å². The van der Waals surface area contributed by atoms with Crippen molar-refractivity contribution in [2.24, 2.45) is 0 Å². The molecule has 5 rings (SSSR count). The van der Waals surface area contributed by atoms with E-state index in [4.69, 9.17) is 0 Å². The van der Waals surface area contributed by atoms with E-state index in [0.717, 1.165) is 27.8 Å². The van der Waals surface area contributed by atoms with Crippen LogP contribution in [-0.2, 0) is 6.54 Å². The van der Waals surface area contributed by atoms with Gasteiger partial charge in [-0.05, 0) is 30.7 Å². The van der Waals surface area contributed by atoms with Crippen LogP contribution in [0.1, 0.15) is 27.3 Å². The highest BCUT2D eigenvalue weighted by molar-refractivity contribution is 6.17. The van der Waals surface area contributed by atoms with Crippen LogP contribution in [0, 0.1) is 6.92 Å². The Morgan fingerprint density at radius 1 is 1.00 bits per heavy atom. The maximum atomic E-state index is 13.5. The third-order valence-corrected chi connectivity index (χ3v) is 5.82. The number of hydrogen-bond donors (Lipinski definition) is 0. The Hall–Kier alpha value is -4.26. The number of aryl methyl sites for hydroxylation is 1. The van der Waals surface area contributed by atoms with E-state index in [1.54, 1.807) is 32.7 Å². The maximum Gasteiger partial charge on any atom is 0.328 e. The Balaban J connectivity index is 1.53. The number of fused-ring (bicyclic) bond motifs is 2. The largest absolute Gasteiger partial charge is 0.330 e. The Morgan fingerprint density at radius 3 is 2.64 bits per heavy atom. The second kappa shape index (κ2) is 8.02. The second-order valence-electron chi connectivity index (χ2n) is 8.25. The summed E-state index contributed by atoms with van der Waals surface area (Å²) in [5.74, 6) is 0.773.